The summed E-state index contributed by atoms with van der Waals surface area (Å²) in [7, 11) is 0. The monoisotopic (exact) mass is 315 g/mol. The number of hydrogen-bond acceptors (Lipinski definition) is 5. The smallest absolute Gasteiger partial charge is 0.262 e. The van der Waals surface area contributed by atoms with Crippen LogP contribution in [0, 0.1) is 0 Å². The number of nitrogens with one attached hydrogen (secondary N) is 2. The second kappa shape index (κ2) is 6.51. The zero-order valence-electron chi connectivity index (χ0n) is 12.7. The van der Waals surface area contributed by atoms with Gasteiger partial charge in [0.25, 0.3) is 11.8 Å². The van der Waals surface area contributed by atoms with E-state index in [1.54, 1.807) is 18.2 Å². The minimum Gasteiger partial charge on any atom is -0.482 e. The molecule has 0 aliphatic carbocycles. The van der Waals surface area contributed by atoms with E-state index in [1.807, 2.05) is 6.07 Å². The summed E-state index contributed by atoms with van der Waals surface area (Å²) in [5.41, 5.74) is 1.90. The quantitative estimate of drug-likeness (QED) is 0.879. The summed E-state index contributed by atoms with van der Waals surface area (Å²) in [6.45, 7) is 2.29. The van der Waals surface area contributed by atoms with Gasteiger partial charge in [-0.15, -0.1) is 0 Å². The highest BCUT2D eigenvalue weighted by molar-refractivity contribution is 5.98. The van der Waals surface area contributed by atoms with Crippen LogP contribution >= 0.6 is 0 Å². The van der Waals surface area contributed by atoms with Crippen molar-refractivity contribution in [2.24, 2.45) is 0 Å². The first-order valence-corrected chi connectivity index (χ1v) is 7.45. The first-order chi connectivity index (χ1) is 11.2. The highest BCUT2D eigenvalue weighted by Crippen LogP contribution is 2.28. The second-order valence-corrected chi connectivity index (χ2v) is 5.27. The summed E-state index contributed by atoms with van der Waals surface area (Å²) in [5.74, 6) is 0.648. The molecule has 0 radical (unpaired) electrons. The van der Waals surface area contributed by atoms with Gasteiger partial charge >= 0.3 is 0 Å². The molecular formula is C16H17N3O4. The molecular weight excluding hydrogens is 298 g/mol. The lowest BCUT2D eigenvalue weighted by Gasteiger charge is -2.18. The van der Waals surface area contributed by atoms with Gasteiger partial charge in [-0.1, -0.05) is 18.5 Å². The van der Waals surface area contributed by atoms with Crippen LogP contribution in [0.3, 0.4) is 0 Å². The number of rotatable bonds is 5. The third-order valence-electron chi connectivity index (χ3n) is 3.41. The Hall–Kier alpha value is -2.83. The normalized spacial score (nSPS) is 13.0. The number of fused-ring (bicyclic) bond motifs is 1. The molecule has 3 rings (SSSR count). The van der Waals surface area contributed by atoms with Crippen molar-refractivity contribution in [2.75, 3.05) is 11.9 Å². The summed E-state index contributed by atoms with van der Waals surface area (Å²) in [5, 5.41) is 9.39. The van der Waals surface area contributed by atoms with E-state index in [0.29, 0.717) is 22.8 Å². The molecule has 2 N–H and O–H groups in total. The van der Waals surface area contributed by atoms with Gasteiger partial charge in [-0.05, 0) is 24.6 Å². The third kappa shape index (κ3) is 3.50. The van der Waals surface area contributed by atoms with Gasteiger partial charge < -0.3 is 19.9 Å². The number of aromatic nitrogens is 1. The highest BCUT2D eigenvalue weighted by Gasteiger charge is 2.18. The fourth-order valence-corrected chi connectivity index (χ4v) is 2.30. The molecule has 0 atom stereocenters. The Kier molecular flexibility index (Phi) is 4.27. The number of aryl methyl sites for hydroxylation is 1. The van der Waals surface area contributed by atoms with E-state index in [4.69, 9.17) is 9.26 Å². The largest absolute Gasteiger partial charge is 0.482 e. The van der Waals surface area contributed by atoms with Gasteiger partial charge in [-0.3, -0.25) is 9.59 Å². The molecule has 0 spiro atoms. The number of amides is 2. The highest BCUT2D eigenvalue weighted by atomic mass is 16.5. The lowest BCUT2D eigenvalue weighted by atomic mass is 10.1. The number of nitrogens with zero attached hydrogens (tertiary/aromatic N) is 1. The predicted molar refractivity (Wildman–Crippen MR) is 82.2 cm³/mol. The Morgan fingerprint density at radius 3 is 3.09 bits per heavy atom. The predicted octanol–water partition coefficient (Wildman–Crippen LogP) is 1.89. The maximum absolute atomic E-state index is 12.2. The Bertz CT molecular complexity index is 739. The molecule has 0 fully saturated rings. The van der Waals surface area contributed by atoms with Crippen LogP contribution in [0.4, 0.5) is 5.69 Å². The number of carbonyl (C=O) groups is 2. The Balaban J connectivity index is 1.62. The minimum atomic E-state index is -0.248. The van der Waals surface area contributed by atoms with Crippen LogP contribution in [0.15, 0.2) is 28.8 Å². The molecule has 1 aromatic carbocycles. The lowest BCUT2D eigenvalue weighted by Crippen LogP contribution is -2.26. The van der Waals surface area contributed by atoms with Crippen LogP contribution in [-0.4, -0.2) is 23.6 Å². The van der Waals surface area contributed by atoms with Crippen LogP contribution in [-0.2, 0) is 17.8 Å². The van der Waals surface area contributed by atoms with E-state index in [-0.39, 0.29) is 25.0 Å². The van der Waals surface area contributed by atoms with Crippen LogP contribution in [0.2, 0.25) is 0 Å². The summed E-state index contributed by atoms with van der Waals surface area (Å²) < 4.78 is 10.5. The SMILES string of the molecule is CCCc1cc(CNC(=O)c2ccc3c(c2)OCC(=O)N3)on1. The van der Waals surface area contributed by atoms with Crippen molar-refractivity contribution in [3.05, 3.63) is 41.3 Å². The summed E-state index contributed by atoms with van der Waals surface area (Å²) >= 11 is 0. The fourth-order valence-electron chi connectivity index (χ4n) is 2.30. The van der Waals surface area contributed by atoms with E-state index in [0.717, 1.165) is 18.5 Å². The van der Waals surface area contributed by atoms with Crippen LogP contribution in [0.25, 0.3) is 0 Å². The van der Waals surface area contributed by atoms with Gasteiger partial charge in [-0.2, -0.15) is 0 Å². The molecule has 7 heteroatoms. The van der Waals surface area contributed by atoms with Crippen molar-refractivity contribution < 1.29 is 18.8 Å². The first-order valence-electron chi connectivity index (χ1n) is 7.45. The van der Waals surface area contributed by atoms with Crippen LogP contribution in [0.5, 0.6) is 5.75 Å². The van der Waals surface area contributed by atoms with E-state index in [2.05, 4.69) is 22.7 Å². The Morgan fingerprint density at radius 1 is 1.39 bits per heavy atom. The minimum absolute atomic E-state index is 0.0453. The number of anilines is 1. The first kappa shape index (κ1) is 15.1. The summed E-state index contributed by atoms with van der Waals surface area (Å²) in [4.78, 5) is 23.4. The van der Waals surface area contributed by atoms with Gasteiger partial charge in [0.1, 0.15) is 5.75 Å². The fraction of sp³-hybridized carbons (Fsp3) is 0.312. The van der Waals surface area contributed by atoms with Crippen molar-refractivity contribution in [1.29, 1.82) is 0 Å². The number of hydrogen-bond donors (Lipinski definition) is 2. The molecule has 2 aromatic rings. The van der Waals surface area contributed by atoms with Gasteiger partial charge in [0, 0.05) is 11.6 Å². The zero-order chi connectivity index (χ0) is 16.2. The van der Waals surface area contributed by atoms with E-state index in [1.165, 1.54) is 0 Å². The maximum Gasteiger partial charge on any atom is 0.262 e. The molecule has 0 bridgehead atoms. The Morgan fingerprint density at radius 2 is 2.26 bits per heavy atom. The van der Waals surface area contributed by atoms with Gasteiger partial charge in [-0.25, -0.2) is 0 Å². The summed E-state index contributed by atoms with van der Waals surface area (Å²) in [6, 6.07) is 6.73. The average molecular weight is 315 g/mol. The van der Waals surface area contributed by atoms with E-state index in [9.17, 15) is 9.59 Å². The molecule has 1 aromatic heterocycles. The molecule has 120 valence electrons. The van der Waals surface area contributed by atoms with Crippen molar-refractivity contribution in [2.45, 2.75) is 26.3 Å². The molecule has 1 aliphatic rings. The third-order valence-corrected chi connectivity index (χ3v) is 3.41. The van der Waals surface area contributed by atoms with Gasteiger partial charge in [0.05, 0.1) is 17.9 Å². The van der Waals surface area contributed by atoms with Crippen molar-refractivity contribution in [1.82, 2.24) is 10.5 Å². The lowest BCUT2D eigenvalue weighted by molar-refractivity contribution is -0.118. The standard InChI is InChI=1S/C16H17N3O4/c1-2-3-11-7-12(23-19-11)8-17-16(21)10-4-5-13-14(6-10)22-9-15(20)18-13/h4-7H,2-3,8-9H2,1H3,(H,17,21)(H,18,20). The molecule has 1 aliphatic heterocycles. The van der Waals surface area contributed by atoms with Crippen LogP contribution < -0.4 is 15.4 Å². The second-order valence-electron chi connectivity index (χ2n) is 5.27. The zero-order valence-corrected chi connectivity index (χ0v) is 12.7. The van der Waals surface area contributed by atoms with Crippen molar-refractivity contribution in [3.63, 3.8) is 0 Å². The van der Waals surface area contributed by atoms with E-state index < -0.39 is 0 Å². The van der Waals surface area contributed by atoms with Gasteiger partial charge in [0.2, 0.25) is 0 Å². The average Bonchev–Trinajstić information content (AvgIpc) is 3.00. The molecule has 0 unspecified atom stereocenters. The Labute approximate surface area is 133 Å². The summed E-state index contributed by atoms with van der Waals surface area (Å²) in [6.07, 6.45) is 1.84. The topological polar surface area (TPSA) is 93.5 Å². The number of carbonyl (C=O) groups excluding carboxylic acids is 2. The maximum atomic E-state index is 12.2. The molecule has 0 saturated heterocycles. The molecule has 23 heavy (non-hydrogen) atoms. The van der Waals surface area contributed by atoms with E-state index >= 15 is 0 Å². The molecule has 2 amide bonds. The number of ether oxygens (including phenoxy) is 1. The number of benzene rings is 1. The molecule has 2 heterocycles. The van der Waals surface area contributed by atoms with Crippen molar-refractivity contribution in [3.8, 4) is 5.75 Å². The molecule has 7 nitrogen and oxygen atoms in total. The molecule has 0 saturated carbocycles. The van der Waals surface area contributed by atoms with Crippen molar-refractivity contribution >= 4 is 17.5 Å². The van der Waals surface area contributed by atoms with Gasteiger partial charge in [0.15, 0.2) is 12.4 Å². The van der Waals surface area contributed by atoms with Crippen LogP contribution in [0.1, 0.15) is 35.2 Å².